The molecule has 0 aliphatic heterocycles. The fourth-order valence-electron chi connectivity index (χ4n) is 1.59. The number of nitrogen functional groups attached to an aromatic ring is 1. The van der Waals surface area contributed by atoms with Crippen LogP contribution in [0.3, 0.4) is 0 Å². The number of hydrogen-bond donors (Lipinski definition) is 2. The van der Waals surface area contributed by atoms with Crippen molar-refractivity contribution in [2.45, 2.75) is 6.42 Å². The molecule has 1 heterocycles. The average Bonchev–Trinajstić information content (AvgIpc) is 2.81. The molecule has 0 radical (unpaired) electrons. The monoisotopic (exact) mass is 264 g/mol. The summed E-state index contributed by atoms with van der Waals surface area (Å²) in [4.78, 5) is 13.0. The maximum atomic E-state index is 12.8. The van der Waals surface area contributed by atoms with Crippen LogP contribution in [-0.4, -0.2) is 12.5 Å². The Morgan fingerprint density at radius 1 is 1.39 bits per heavy atom. The van der Waals surface area contributed by atoms with Crippen molar-refractivity contribution in [1.29, 1.82) is 0 Å². The van der Waals surface area contributed by atoms with E-state index >= 15 is 0 Å². The second-order valence-electron chi connectivity index (χ2n) is 3.82. The van der Waals surface area contributed by atoms with Crippen molar-refractivity contribution in [1.82, 2.24) is 5.32 Å². The van der Waals surface area contributed by atoms with Gasteiger partial charge in [-0.05, 0) is 36.1 Å². The molecule has 0 aliphatic rings. The lowest BCUT2D eigenvalue weighted by atomic mass is 10.1. The van der Waals surface area contributed by atoms with Gasteiger partial charge in [0.15, 0.2) is 0 Å². The van der Waals surface area contributed by atoms with Gasteiger partial charge in [0.05, 0.1) is 5.56 Å². The number of carbonyl (C=O) groups is 1. The van der Waals surface area contributed by atoms with Crippen LogP contribution in [0.4, 0.5) is 10.1 Å². The molecule has 0 atom stereocenters. The third-order valence-electron chi connectivity index (χ3n) is 2.50. The van der Waals surface area contributed by atoms with E-state index in [1.54, 1.807) is 11.3 Å². The van der Waals surface area contributed by atoms with Gasteiger partial charge >= 0.3 is 0 Å². The molecule has 3 nitrogen and oxygen atoms in total. The van der Waals surface area contributed by atoms with Crippen LogP contribution in [-0.2, 0) is 6.42 Å². The van der Waals surface area contributed by atoms with Gasteiger partial charge < -0.3 is 11.1 Å². The third kappa shape index (κ3) is 3.07. The third-order valence-corrected chi connectivity index (χ3v) is 3.43. The number of thiophene rings is 1. The summed E-state index contributed by atoms with van der Waals surface area (Å²) in [6.07, 6.45) is 0.782. The highest BCUT2D eigenvalue weighted by molar-refractivity contribution is 7.09. The van der Waals surface area contributed by atoms with Gasteiger partial charge in [-0.25, -0.2) is 4.39 Å². The first-order chi connectivity index (χ1) is 8.66. The van der Waals surface area contributed by atoms with Crippen LogP contribution in [0.5, 0.6) is 0 Å². The minimum absolute atomic E-state index is 0.156. The summed E-state index contributed by atoms with van der Waals surface area (Å²) >= 11 is 1.65. The number of amides is 1. The van der Waals surface area contributed by atoms with E-state index < -0.39 is 5.82 Å². The number of halogens is 1. The molecule has 0 aliphatic carbocycles. The zero-order chi connectivity index (χ0) is 13.0. The first-order valence-electron chi connectivity index (χ1n) is 5.52. The molecule has 2 aromatic rings. The van der Waals surface area contributed by atoms with E-state index in [0.29, 0.717) is 12.1 Å². The summed E-state index contributed by atoms with van der Waals surface area (Å²) in [6.45, 7) is 0.538. The molecule has 0 unspecified atom stereocenters. The van der Waals surface area contributed by atoms with Gasteiger partial charge in [-0.15, -0.1) is 11.3 Å². The Morgan fingerprint density at radius 2 is 2.22 bits per heavy atom. The zero-order valence-corrected chi connectivity index (χ0v) is 10.5. The minimum atomic E-state index is -0.442. The summed E-state index contributed by atoms with van der Waals surface area (Å²) in [5.74, 6) is -0.716. The SMILES string of the molecule is Nc1cc(F)ccc1C(=O)NCCc1cccs1. The van der Waals surface area contributed by atoms with Crippen LogP contribution in [0.2, 0.25) is 0 Å². The summed E-state index contributed by atoms with van der Waals surface area (Å²) in [5.41, 5.74) is 6.05. The van der Waals surface area contributed by atoms with Crippen molar-refractivity contribution in [3.8, 4) is 0 Å². The highest BCUT2D eigenvalue weighted by Crippen LogP contribution is 2.13. The Bertz CT molecular complexity index is 540. The topological polar surface area (TPSA) is 55.1 Å². The van der Waals surface area contributed by atoms with E-state index in [1.807, 2.05) is 17.5 Å². The van der Waals surface area contributed by atoms with Crippen LogP contribution >= 0.6 is 11.3 Å². The fourth-order valence-corrected chi connectivity index (χ4v) is 2.30. The molecular formula is C13H13FN2OS. The second kappa shape index (κ2) is 5.64. The quantitative estimate of drug-likeness (QED) is 0.833. The minimum Gasteiger partial charge on any atom is -0.398 e. The molecule has 0 fully saturated rings. The second-order valence-corrected chi connectivity index (χ2v) is 4.85. The predicted octanol–water partition coefficient (Wildman–Crippen LogP) is 2.44. The average molecular weight is 264 g/mol. The molecule has 0 bridgehead atoms. The number of rotatable bonds is 4. The van der Waals surface area contributed by atoms with Crippen LogP contribution < -0.4 is 11.1 Å². The highest BCUT2D eigenvalue weighted by atomic mass is 32.1. The summed E-state index contributed by atoms with van der Waals surface area (Å²) in [5, 5.41) is 4.76. The maximum Gasteiger partial charge on any atom is 0.253 e. The first-order valence-corrected chi connectivity index (χ1v) is 6.40. The molecular weight excluding hydrogens is 251 g/mol. The molecule has 5 heteroatoms. The lowest BCUT2D eigenvalue weighted by Crippen LogP contribution is -2.26. The predicted molar refractivity (Wildman–Crippen MR) is 71.2 cm³/mol. The van der Waals surface area contributed by atoms with Crippen LogP contribution in [0.25, 0.3) is 0 Å². The van der Waals surface area contributed by atoms with Gasteiger partial charge in [-0.1, -0.05) is 6.07 Å². The Morgan fingerprint density at radius 3 is 2.89 bits per heavy atom. The lowest BCUT2D eigenvalue weighted by Gasteiger charge is -2.06. The highest BCUT2D eigenvalue weighted by Gasteiger charge is 2.09. The summed E-state index contributed by atoms with van der Waals surface area (Å²) in [7, 11) is 0. The molecule has 0 spiro atoms. The van der Waals surface area contributed by atoms with E-state index in [4.69, 9.17) is 5.73 Å². The number of nitrogens with one attached hydrogen (secondary N) is 1. The first kappa shape index (κ1) is 12.6. The van der Waals surface area contributed by atoms with E-state index in [-0.39, 0.29) is 11.6 Å². The summed E-state index contributed by atoms with van der Waals surface area (Å²) in [6, 6.07) is 7.76. The molecule has 18 heavy (non-hydrogen) atoms. The van der Waals surface area contributed by atoms with Gasteiger partial charge in [0, 0.05) is 17.1 Å². The molecule has 2 rings (SSSR count). The van der Waals surface area contributed by atoms with Gasteiger partial charge in [-0.2, -0.15) is 0 Å². The lowest BCUT2D eigenvalue weighted by molar-refractivity contribution is 0.0955. The molecule has 1 amide bonds. The standard InChI is InChI=1S/C13H13FN2OS/c14-9-3-4-11(12(15)8-9)13(17)16-6-5-10-2-1-7-18-10/h1-4,7-8H,5-6,15H2,(H,16,17). The molecule has 0 saturated heterocycles. The van der Waals surface area contributed by atoms with Gasteiger partial charge in [0.1, 0.15) is 5.82 Å². The smallest absolute Gasteiger partial charge is 0.253 e. The Kier molecular flexibility index (Phi) is 3.94. The van der Waals surface area contributed by atoms with Gasteiger partial charge in [-0.3, -0.25) is 4.79 Å². The van der Waals surface area contributed by atoms with Crippen molar-refractivity contribution >= 4 is 22.9 Å². The molecule has 1 aromatic heterocycles. The van der Waals surface area contributed by atoms with Gasteiger partial charge in [0.25, 0.3) is 5.91 Å². The van der Waals surface area contributed by atoms with Crippen LogP contribution in [0.1, 0.15) is 15.2 Å². The number of benzene rings is 1. The Labute approximate surface area is 108 Å². The Hall–Kier alpha value is -1.88. The van der Waals surface area contributed by atoms with Gasteiger partial charge in [0.2, 0.25) is 0 Å². The van der Waals surface area contributed by atoms with E-state index in [0.717, 1.165) is 12.5 Å². The van der Waals surface area contributed by atoms with Crippen molar-refractivity contribution < 1.29 is 9.18 Å². The van der Waals surface area contributed by atoms with E-state index in [9.17, 15) is 9.18 Å². The number of hydrogen-bond acceptors (Lipinski definition) is 3. The number of anilines is 1. The molecule has 3 N–H and O–H groups in total. The zero-order valence-electron chi connectivity index (χ0n) is 9.65. The molecule has 0 saturated carbocycles. The van der Waals surface area contributed by atoms with Crippen molar-refractivity contribution in [3.05, 3.63) is 52.0 Å². The van der Waals surface area contributed by atoms with Crippen LogP contribution in [0.15, 0.2) is 35.7 Å². The fraction of sp³-hybridized carbons (Fsp3) is 0.154. The normalized spacial score (nSPS) is 10.3. The number of carbonyl (C=O) groups excluding carboxylic acids is 1. The molecule has 94 valence electrons. The summed E-state index contributed by atoms with van der Waals surface area (Å²) < 4.78 is 12.8. The van der Waals surface area contributed by atoms with Crippen LogP contribution in [0, 0.1) is 5.82 Å². The number of nitrogens with two attached hydrogens (primary N) is 1. The molecule has 1 aromatic carbocycles. The largest absolute Gasteiger partial charge is 0.398 e. The van der Waals surface area contributed by atoms with Crippen molar-refractivity contribution in [2.24, 2.45) is 0 Å². The maximum absolute atomic E-state index is 12.8. The van der Waals surface area contributed by atoms with Crippen molar-refractivity contribution in [3.63, 3.8) is 0 Å². The van der Waals surface area contributed by atoms with E-state index in [1.165, 1.54) is 17.0 Å². The Balaban J connectivity index is 1.91. The van der Waals surface area contributed by atoms with E-state index in [2.05, 4.69) is 5.32 Å². The van der Waals surface area contributed by atoms with Crippen molar-refractivity contribution in [2.75, 3.05) is 12.3 Å².